The number of halogens is 2. The molecule has 0 radical (unpaired) electrons. The van der Waals surface area contributed by atoms with Crippen LogP contribution in [0.25, 0.3) is 22.0 Å². The molecule has 1 saturated heterocycles. The molecule has 8 heteroatoms. The van der Waals surface area contributed by atoms with E-state index < -0.39 is 0 Å². The number of hydrogen-bond acceptors (Lipinski definition) is 4. The van der Waals surface area contributed by atoms with E-state index >= 15 is 0 Å². The topological polar surface area (TPSA) is 65.5 Å². The van der Waals surface area contributed by atoms with Crippen LogP contribution in [-0.4, -0.2) is 53.3 Å². The van der Waals surface area contributed by atoms with Crippen molar-refractivity contribution in [2.75, 3.05) is 32.0 Å². The molecule has 0 bridgehead atoms. The highest BCUT2D eigenvalue weighted by Crippen LogP contribution is 2.34. The normalized spacial score (nSPS) is 14.3. The number of aromatic nitrogens is 1. The molecule has 182 valence electrons. The van der Waals surface area contributed by atoms with Gasteiger partial charge in [-0.25, -0.2) is 0 Å². The highest BCUT2D eigenvalue weighted by molar-refractivity contribution is 6.35. The Hall–Kier alpha value is -3.45. The summed E-state index contributed by atoms with van der Waals surface area (Å²) in [5.74, 6) is -0.248. The first-order valence-electron chi connectivity index (χ1n) is 11.6. The molecule has 1 fully saturated rings. The maximum atomic E-state index is 13.1. The summed E-state index contributed by atoms with van der Waals surface area (Å²) >= 11 is 13.0. The molecule has 0 atom stereocenters. The number of hydrogen-bond donors (Lipinski definition) is 1. The number of rotatable bonds is 5. The summed E-state index contributed by atoms with van der Waals surface area (Å²) in [5, 5.41) is 5.82. The van der Waals surface area contributed by atoms with Gasteiger partial charge in [-0.15, -0.1) is 0 Å². The van der Waals surface area contributed by atoms with E-state index in [0.29, 0.717) is 40.9 Å². The number of carbonyl (C=O) groups is 2. The van der Waals surface area contributed by atoms with Crippen LogP contribution in [0.4, 0.5) is 5.69 Å². The minimum absolute atomic E-state index is 0.0842. The standard InChI is InChI=1S/C28H24Cl2N4O2/c1-33-12-13-34(26(35)17-33)16-18-6-8-22(25(30)14-18)28(36)32-20-7-9-24(29)23(15-20)27-21-5-3-2-4-19(21)10-11-31-27/h2-11,14-15H,12-13,16-17H2,1H3,(H,32,36). The predicted octanol–water partition coefficient (Wildman–Crippen LogP) is 5.73. The summed E-state index contributed by atoms with van der Waals surface area (Å²) in [7, 11) is 1.93. The van der Waals surface area contributed by atoms with Crippen LogP contribution in [0.3, 0.4) is 0 Å². The molecule has 1 aliphatic rings. The lowest BCUT2D eigenvalue weighted by atomic mass is 10.0. The zero-order valence-corrected chi connectivity index (χ0v) is 21.2. The van der Waals surface area contributed by atoms with Gasteiger partial charge in [0.15, 0.2) is 0 Å². The van der Waals surface area contributed by atoms with Gasteiger partial charge in [-0.2, -0.15) is 0 Å². The molecule has 5 rings (SSSR count). The second-order valence-electron chi connectivity index (χ2n) is 8.90. The molecular weight excluding hydrogens is 495 g/mol. The quantitative estimate of drug-likeness (QED) is 0.366. The first-order chi connectivity index (χ1) is 17.4. The summed E-state index contributed by atoms with van der Waals surface area (Å²) < 4.78 is 0. The zero-order valence-electron chi connectivity index (χ0n) is 19.7. The average molecular weight is 519 g/mol. The SMILES string of the molecule is CN1CCN(Cc2ccc(C(=O)Nc3ccc(Cl)c(-c4nccc5ccccc45)c3)c(Cl)c2)C(=O)C1. The molecule has 0 saturated carbocycles. The number of anilines is 1. The van der Waals surface area contributed by atoms with Crippen molar-refractivity contribution in [3.05, 3.63) is 94.1 Å². The van der Waals surface area contributed by atoms with Crippen molar-refractivity contribution in [2.24, 2.45) is 0 Å². The molecule has 0 spiro atoms. The van der Waals surface area contributed by atoms with Crippen LogP contribution in [0.15, 0.2) is 72.9 Å². The van der Waals surface area contributed by atoms with Gasteiger partial charge in [0.05, 0.1) is 27.8 Å². The Bertz CT molecular complexity index is 1470. The van der Waals surface area contributed by atoms with Gasteiger partial charge >= 0.3 is 0 Å². The zero-order chi connectivity index (χ0) is 25.2. The summed E-state index contributed by atoms with van der Waals surface area (Å²) in [6, 6.07) is 20.5. The second-order valence-corrected chi connectivity index (χ2v) is 9.71. The third-order valence-corrected chi connectivity index (χ3v) is 6.96. The summed E-state index contributed by atoms with van der Waals surface area (Å²) in [6.45, 7) is 2.37. The van der Waals surface area contributed by atoms with Gasteiger partial charge in [0.2, 0.25) is 5.91 Å². The number of piperazine rings is 1. The molecule has 1 N–H and O–H groups in total. The van der Waals surface area contributed by atoms with Crippen molar-refractivity contribution in [3.8, 4) is 11.3 Å². The van der Waals surface area contributed by atoms with E-state index in [1.165, 1.54) is 0 Å². The lowest BCUT2D eigenvalue weighted by Crippen LogP contribution is -2.48. The van der Waals surface area contributed by atoms with E-state index in [4.69, 9.17) is 23.2 Å². The Kier molecular flexibility index (Phi) is 6.92. The monoisotopic (exact) mass is 518 g/mol. The van der Waals surface area contributed by atoms with Crippen LogP contribution >= 0.6 is 23.2 Å². The maximum absolute atomic E-state index is 13.1. The summed E-state index contributed by atoms with van der Waals surface area (Å²) in [6.07, 6.45) is 1.75. The van der Waals surface area contributed by atoms with Crippen LogP contribution in [0.1, 0.15) is 15.9 Å². The Morgan fingerprint density at radius 3 is 2.64 bits per heavy atom. The third-order valence-electron chi connectivity index (χ3n) is 6.31. The fourth-order valence-corrected chi connectivity index (χ4v) is 4.87. The highest BCUT2D eigenvalue weighted by atomic mass is 35.5. The van der Waals surface area contributed by atoms with Crippen molar-refractivity contribution in [2.45, 2.75) is 6.54 Å². The molecule has 2 heterocycles. The maximum Gasteiger partial charge on any atom is 0.257 e. The van der Waals surface area contributed by atoms with Crippen molar-refractivity contribution in [3.63, 3.8) is 0 Å². The average Bonchev–Trinajstić information content (AvgIpc) is 2.86. The number of nitrogens with one attached hydrogen (secondary N) is 1. The fourth-order valence-electron chi connectivity index (χ4n) is 4.37. The van der Waals surface area contributed by atoms with Gasteiger partial charge in [0.1, 0.15) is 0 Å². The Morgan fingerprint density at radius 2 is 1.83 bits per heavy atom. The fraction of sp³-hybridized carbons (Fsp3) is 0.179. The van der Waals surface area contributed by atoms with E-state index in [1.54, 1.807) is 30.5 Å². The van der Waals surface area contributed by atoms with E-state index in [0.717, 1.165) is 34.1 Å². The largest absolute Gasteiger partial charge is 0.336 e. The lowest BCUT2D eigenvalue weighted by Gasteiger charge is -2.32. The molecule has 0 aliphatic carbocycles. The molecule has 4 aromatic rings. The number of benzene rings is 3. The predicted molar refractivity (Wildman–Crippen MR) is 145 cm³/mol. The van der Waals surface area contributed by atoms with E-state index in [9.17, 15) is 9.59 Å². The van der Waals surface area contributed by atoms with Gasteiger partial charge in [0.25, 0.3) is 5.91 Å². The van der Waals surface area contributed by atoms with Crippen molar-refractivity contribution < 1.29 is 9.59 Å². The lowest BCUT2D eigenvalue weighted by molar-refractivity contribution is -0.136. The minimum atomic E-state index is -0.332. The summed E-state index contributed by atoms with van der Waals surface area (Å²) in [5.41, 5.74) is 3.28. The van der Waals surface area contributed by atoms with E-state index in [1.807, 2.05) is 59.3 Å². The van der Waals surface area contributed by atoms with Crippen molar-refractivity contribution >= 4 is 51.5 Å². The number of likely N-dealkylation sites (N-methyl/N-ethyl adjacent to an activating group) is 1. The molecular formula is C28H24Cl2N4O2. The van der Waals surface area contributed by atoms with Crippen LogP contribution in [0.2, 0.25) is 10.0 Å². The number of amides is 2. The molecule has 1 aliphatic heterocycles. The third kappa shape index (κ3) is 5.07. The van der Waals surface area contributed by atoms with Crippen molar-refractivity contribution in [1.82, 2.24) is 14.8 Å². The number of fused-ring (bicyclic) bond motifs is 1. The van der Waals surface area contributed by atoms with Crippen LogP contribution in [-0.2, 0) is 11.3 Å². The first-order valence-corrected chi connectivity index (χ1v) is 12.3. The van der Waals surface area contributed by atoms with Gasteiger partial charge < -0.3 is 10.2 Å². The van der Waals surface area contributed by atoms with Gasteiger partial charge in [-0.05, 0) is 54.4 Å². The minimum Gasteiger partial charge on any atom is -0.336 e. The smallest absolute Gasteiger partial charge is 0.257 e. The molecule has 0 unspecified atom stereocenters. The van der Waals surface area contributed by atoms with Gasteiger partial charge in [0, 0.05) is 42.5 Å². The van der Waals surface area contributed by atoms with E-state index in [-0.39, 0.29) is 11.8 Å². The van der Waals surface area contributed by atoms with Crippen LogP contribution in [0.5, 0.6) is 0 Å². The Morgan fingerprint density at radius 1 is 1.00 bits per heavy atom. The Balaban J connectivity index is 1.35. The molecule has 36 heavy (non-hydrogen) atoms. The van der Waals surface area contributed by atoms with Gasteiger partial charge in [-0.1, -0.05) is 53.5 Å². The highest BCUT2D eigenvalue weighted by Gasteiger charge is 2.22. The van der Waals surface area contributed by atoms with Gasteiger partial charge in [-0.3, -0.25) is 19.5 Å². The number of carbonyl (C=O) groups excluding carboxylic acids is 2. The molecule has 6 nitrogen and oxygen atoms in total. The van der Waals surface area contributed by atoms with Crippen LogP contribution in [0, 0.1) is 0 Å². The molecule has 1 aromatic heterocycles. The molecule has 2 amide bonds. The van der Waals surface area contributed by atoms with Crippen molar-refractivity contribution in [1.29, 1.82) is 0 Å². The van der Waals surface area contributed by atoms with Crippen LogP contribution < -0.4 is 5.32 Å². The number of pyridine rings is 1. The second kappa shape index (κ2) is 10.3. The molecule has 3 aromatic carbocycles. The number of nitrogens with zero attached hydrogens (tertiary/aromatic N) is 3. The summed E-state index contributed by atoms with van der Waals surface area (Å²) in [4.78, 5) is 33.7. The first kappa shape index (κ1) is 24.3. The Labute approximate surface area is 219 Å². The van der Waals surface area contributed by atoms with E-state index in [2.05, 4.69) is 10.3 Å².